The Morgan fingerprint density at radius 3 is 2.50 bits per heavy atom. The number of anilines is 1. The van der Waals surface area contributed by atoms with Crippen LogP contribution in [0.15, 0.2) is 78.2 Å². The van der Waals surface area contributed by atoms with E-state index in [2.05, 4.69) is 5.32 Å². The standard InChI is InChI=1S/C23H17NO3S/c1-27-23(26)19-8-4-7-17(14-19)20-11-12-28-22(20)24-21(25)18-10-9-15-5-2-3-6-16(15)13-18/h2-14H,1H3,(H,24,25). The average Bonchev–Trinajstić information content (AvgIpc) is 3.21. The number of methoxy groups -OCH3 is 1. The molecule has 1 aromatic heterocycles. The van der Waals surface area contributed by atoms with Gasteiger partial charge in [-0.2, -0.15) is 0 Å². The zero-order valence-electron chi connectivity index (χ0n) is 15.1. The van der Waals surface area contributed by atoms with Gasteiger partial charge in [0.25, 0.3) is 5.91 Å². The molecule has 0 atom stereocenters. The Bertz CT molecular complexity index is 1180. The van der Waals surface area contributed by atoms with E-state index >= 15 is 0 Å². The van der Waals surface area contributed by atoms with Crippen molar-refractivity contribution in [1.29, 1.82) is 0 Å². The lowest BCUT2D eigenvalue weighted by atomic mass is 10.0. The number of benzene rings is 3. The summed E-state index contributed by atoms with van der Waals surface area (Å²) in [6.07, 6.45) is 0. The molecule has 138 valence electrons. The fourth-order valence-corrected chi connectivity index (χ4v) is 3.88. The summed E-state index contributed by atoms with van der Waals surface area (Å²) in [5, 5.41) is 7.76. The van der Waals surface area contributed by atoms with Crippen LogP contribution in [0.5, 0.6) is 0 Å². The summed E-state index contributed by atoms with van der Waals surface area (Å²) in [5.74, 6) is -0.558. The average molecular weight is 387 g/mol. The van der Waals surface area contributed by atoms with Crippen LogP contribution in [0.1, 0.15) is 20.7 Å². The SMILES string of the molecule is COC(=O)c1cccc(-c2ccsc2NC(=O)c2ccc3ccccc3c2)c1. The Morgan fingerprint density at radius 2 is 1.68 bits per heavy atom. The van der Waals surface area contributed by atoms with Crippen LogP contribution in [0.25, 0.3) is 21.9 Å². The Balaban J connectivity index is 1.62. The molecule has 0 aliphatic heterocycles. The molecule has 0 bridgehead atoms. The van der Waals surface area contributed by atoms with E-state index in [-0.39, 0.29) is 11.9 Å². The quantitative estimate of drug-likeness (QED) is 0.463. The van der Waals surface area contributed by atoms with E-state index in [9.17, 15) is 9.59 Å². The number of nitrogens with one attached hydrogen (secondary N) is 1. The minimum atomic E-state index is -0.390. The molecule has 0 unspecified atom stereocenters. The highest BCUT2D eigenvalue weighted by molar-refractivity contribution is 7.15. The van der Waals surface area contributed by atoms with Gasteiger partial charge in [0, 0.05) is 11.1 Å². The maximum atomic E-state index is 12.8. The molecule has 0 radical (unpaired) electrons. The first-order valence-electron chi connectivity index (χ1n) is 8.72. The van der Waals surface area contributed by atoms with Gasteiger partial charge in [0.2, 0.25) is 0 Å². The third-order valence-corrected chi connectivity index (χ3v) is 5.33. The first-order valence-corrected chi connectivity index (χ1v) is 9.60. The second-order valence-corrected chi connectivity index (χ2v) is 7.17. The third kappa shape index (κ3) is 3.52. The minimum absolute atomic E-state index is 0.168. The summed E-state index contributed by atoms with van der Waals surface area (Å²) in [6, 6.07) is 22.7. The summed E-state index contributed by atoms with van der Waals surface area (Å²) in [7, 11) is 1.36. The van der Waals surface area contributed by atoms with Gasteiger partial charge in [-0.15, -0.1) is 11.3 Å². The van der Waals surface area contributed by atoms with E-state index in [1.807, 2.05) is 60.0 Å². The topological polar surface area (TPSA) is 55.4 Å². The van der Waals surface area contributed by atoms with Crippen molar-refractivity contribution in [3.63, 3.8) is 0 Å². The number of rotatable bonds is 4. The van der Waals surface area contributed by atoms with Crippen molar-refractivity contribution in [2.24, 2.45) is 0 Å². The molecular weight excluding hydrogens is 370 g/mol. The van der Waals surface area contributed by atoms with Crippen molar-refractivity contribution in [1.82, 2.24) is 0 Å². The zero-order valence-corrected chi connectivity index (χ0v) is 16.0. The number of esters is 1. The van der Waals surface area contributed by atoms with E-state index in [1.165, 1.54) is 18.4 Å². The summed E-state index contributed by atoms with van der Waals surface area (Å²) >= 11 is 1.44. The number of carbonyl (C=O) groups excluding carboxylic acids is 2. The maximum absolute atomic E-state index is 12.8. The summed E-state index contributed by atoms with van der Waals surface area (Å²) in [4.78, 5) is 24.6. The second-order valence-electron chi connectivity index (χ2n) is 6.25. The summed E-state index contributed by atoms with van der Waals surface area (Å²) in [5.41, 5.74) is 2.78. The molecule has 1 amide bonds. The second kappa shape index (κ2) is 7.66. The lowest BCUT2D eigenvalue weighted by Crippen LogP contribution is -2.11. The highest BCUT2D eigenvalue weighted by Crippen LogP contribution is 2.34. The number of hydrogen-bond acceptors (Lipinski definition) is 4. The van der Waals surface area contributed by atoms with E-state index in [1.54, 1.807) is 18.2 Å². The van der Waals surface area contributed by atoms with Crippen molar-refractivity contribution >= 4 is 39.0 Å². The van der Waals surface area contributed by atoms with Crippen LogP contribution in [-0.2, 0) is 4.74 Å². The lowest BCUT2D eigenvalue weighted by Gasteiger charge is -2.09. The fraction of sp³-hybridized carbons (Fsp3) is 0.0435. The maximum Gasteiger partial charge on any atom is 0.337 e. The van der Waals surface area contributed by atoms with Gasteiger partial charge in [0.15, 0.2) is 0 Å². The van der Waals surface area contributed by atoms with E-state index in [0.717, 1.165) is 26.9 Å². The molecule has 0 aliphatic carbocycles. The molecule has 28 heavy (non-hydrogen) atoms. The molecule has 3 aromatic carbocycles. The zero-order chi connectivity index (χ0) is 19.5. The van der Waals surface area contributed by atoms with Crippen molar-refractivity contribution < 1.29 is 14.3 Å². The number of fused-ring (bicyclic) bond motifs is 1. The van der Waals surface area contributed by atoms with Gasteiger partial charge in [-0.25, -0.2) is 4.79 Å². The molecule has 4 rings (SSSR count). The van der Waals surface area contributed by atoms with Gasteiger partial charge in [0.05, 0.1) is 12.7 Å². The van der Waals surface area contributed by atoms with Crippen LogP contribution in [0, 0.1) is 0 Å². The van der Waals surface area contributed by atoms with Crippen LogP contribution < -0.4 is 5.32 Å². The molecule has 0 spiro atoms. The highest BCUT2D eigenvalue weighted by atomic mass is 32.1. The molecule has 0 saturated heterocycles. The van der Waals surface area contributed by atoms with E-state index < -0.39 is 0 Å². The predicted molar refractivity (Wildman–Crippen MR) is 113 cm³/mol. The van der Waals surface area contributed by atoms with Gasteiger partial charge < -0.3 is 10.1 Å². The molecular formula is C23H17NO3S. The van der Waals surface area contributed by atoms with E-state index in [4.69, 9.17) is 4.74 Å². The van der Waals surface area contributed by atoms with Crippen molar-refractivity contribution in [2.45, 2.75) is 0 Å². The Labute approximate surface area is 166 Å². The molecule has 0 saturated carbocycles. The van der Waals surface area contributed by atoms with E-state index in [0.29, 0.717) is 11.1 Å². The van der Waals surface area contributed by atoms with Crippen molar-refractivity contribution in [2.75, 3.05) is 12.4 Å². The smallest absolute Gasteiger partial charge is 0.337 e. The van der Waals surface area contributed by atoms with Crippen molar-refractivity contribution in [3.05, 3.63) is 89.3 Å². The molecule has 1 N–H and O–H groups in total. The van der Waals surface area contributed by atoms with Gasteiger partial charge in [-0.1, -0.05) is 42.5 Å². The van der Waals surface area contributed by atoms with Crippen LogP contribution in [-0.4, -0.2) is 19.0 Å². The fourth-order valence-electron chi connectivity index (χ4n) is 3.07. The normalized spacial score (nSPS) is 10.6. The number of hydrogen-bond donors (Lipinski definition) is 1. The molecule has 5 heteroatoms. The van der Waals surface area contributed by atoms with Gasteiger partial charge in [-0.3, -0.25) is 4.79 Å². The van der Waals surface area contributed by atoms with Gasteiger partial charge in [0.1, 0.15) is 5.00 Å². The minimum Gasteiger partial charge on any atom is -0.465 e. The summed E-state index contributed by atoms with van der Waals surface area (Å²) in [6.45, 7) is 0. The molecule has 4 aromatic rings. The first-order chi connectivity index (χ1) is 13.7. The van der Waals surface area contributed by atoms with Crippen LogP contribution in [0.4, 0.5) is 5.00 Å². The van der Waals surface area contributed by atoms with Crippen molar-refractivity contribution in [3.8, 4) is 11.1 Å². The molecule has 0 aliphatic rings. The number of thiophene rings is 1. The molecule has 4 nitrogen and oxygen atoms in total. The molecule has 0 fully saturated rings. The Hall–Kier alpha value is -3.44. The van der Waals surface area contributed by atoms with Crippen LogP contribution >= 0.6 is 11.3 Å². The van der Waals surface area contributed by atoms with Gasteiger partial charge >= 0.3 is 5.97 Å². The number of carbonyl (C=O) groups is 2. The summed E-state index contributed by atoms with van der Waals surface area (Å²) < 4.78 is 4.79. The highest BCUT2D eigenvalue weighted by Gasteiger charge is 2.14. The predicted octanol–water partition coefficient (Wildman–Crippen LogP) is 5.61. The first kappa shape index (κ1) is 17.9. The van der Waals surface area contributed by atoms with Crippen LogP contribution in [0.2, 0.25) is 0 Å². The lowest BCUT2D eigenvalue weighted by molar-refractivity contribution is 0.0600. The number of ether oxygens (including phenoxy) is 1. The van der Waals surface area contributed by atoms with Crippen LogP contribution in [0.3, 0.4) is 0 Å². The van der Waals surface area contributed by atoms with Gasteiger partial charge in [-0.05, 0) is 52.0 Å². The monoisotopic (exact) mass is 387 g/mol. The Morgan fingerprint density at radius 1 is 0.857 bits per heavy atom. The molecule has 1 heterocycles. The largest absolute Gasteiger partial charge is 0.465 e. The number of amides is 1. The Kier molecular flexibility index (Phi) is 4.91. The third-order valence-electron chi connectivity index (χ3n) is 4.50.